The summed E-state index contributed by atoms with van der Waals surface area (Å²) in [7, 11) is 0. The first-order chi connectivity index (χ1) is 7.27. The van der Waals surface area contributed by atoms with Gasteiger partial charge >= 0.3 is 0 Å². The molecule has 0 aliphatic carbocycles. The zero-order valence-electron chi connectivity index (χ0n) is 8.87. The van der Waals surface area contributed by atoms with Crippen LogP contribution in [0.25, 0.3) is 6.08 Å². The van der Waals surface area contributed by atoms with E-state index in [9.17, 15) is 4.79 Å². The van der Waals surface area contributed by atoms with Gasteiger partial charge in [-0.15, -0.1) is 11.6 Å². The van der Waals surface area contributed by atoms with Gasteiger partial charge in [0.1, 0.15) is 0 Å². The lowest BCUT2D eigenvalue weighted by Crippen LogP contribution is -1.95. The molecule has 1 aromatic rings. The van der Waals surface area contributed by atoms with E-state index in [1.54, 1.807) is 0 Å². The van der Waals surface area contributed by atoms with Crippen LogP contribution in [0.4, 0.5) is 0 Å². The number of halogens is 1. The fourth-order valence-electron chi connectivity index (χ4n) is 1.30. The molecular weight excluding hydrogens is 208 g/mol. The van der Waals surface area contributed by atoms with Crippen LogP contribution in [0.2, 0.25) is 0 Å². The monoisotopic (exact) mass is 222 g/mol. The number of hydrogen-bond acceptors (Lipinski definition) is 1. The first kappa shape index (κ1) is 12.0. The Morgan fingerprint density at radius 1 is 1.47 bits per heavy atom. The molecule has 0 atom stereocenters. The molecule has 0 bridgehead atoms. The molecule has 0 radical (unpaired) electrons. The van der Waals surface area contributed by atoms with Crippen LogP contribution < -0.4 is 0 Å². The number of Topliss-reactive ketones (excluding diaryl/α,β-unsaturated/α-hetero) is 1. The van der Waals surface area contributed by atoms with E-state index in [1.165, 1.54) is 0 Å². The number of hydrogen-bond donors (Lipinski definition) is 0. The highest BCUT2D eigenvalue weighted by molar-refractivity contribution is 6.17. The average molecular weight is 223 g/mol. The number of benzene rings is 1. The predicted octanol–water partition coefficient (Wildman–Crippen LogP) is 3.92. The van der Waals surface area contributed by atoms with E-state index in [2.05, 4.69) is 0 Å². The van der Waals surface area contributed by atoms with Crippen molar-refractivity contribution in [3.8, 4) is 0 Å². The van der Waals surface area contributed by atoms with Gasteiger partial charge < -0.3 is 0 Å². The molecular formula is C13H15ClO. The van der Waals surface area contributed by atoms with Crippen LogP contribution in [0.1, 0.15) is 35.7 Å². The summed E-state index contributed by atoms with van der Waals surface area (Å²) in [5.41, 5.74) is 1.84. The molecule has 0 aliphatic heterocycles. The van der Waals surface area contributed by atoms with Crippen LogP contribution >= 0.6 is 11.6 Å². The van der Waals surface area contributed by atoms with E-state index in [1.807, 2.05) is 43.3 Å². The van der Waals surface area contributed by atoms with Crippen LogP contribution in [-0.4, -0.2) is 11.7 Å². The number of alkyl halides is 1. The third-order valence-corrected chi connectivity index (χ3v) is 2.33. The Bertz CT molecular complexity index is 355. The summed E-state index contributed by atoms with van der Waals surface area (Å²) in [6.45, 7) is 1.87. The third-order valence-electron chi connectivity index (χ3n) is 2.12. The molecule has 0 saturated carbocycles. The Kier molecular flexibility index (Phi) is 5.13. The van der Waals surface area contributed by atoms with Gasteiger partial charge in [0, 0.05) is 17.9 Å². The van der Waals surface area contributed by atoms with Gasteiger partial charge in [-0.3, -0.25) is 4.79 Å². The van der Waals surface area contributed by atoms with Crippen molar-refractivity contribution in [1.29, 1.82) is 0 Å². The van der Waals surface area contributed by atoms with Crippen molar-refractivity contribution < 1.29 is 4.79 Å². The molecule has 0 amide bonds. The molecule has 0 aromatic heterocycles. The topological polar surface area (TPSA) is 17.1 Å². The van der Waals surface area contributed by atoms with Crippen molar-refractivity contribution in [3.05, 3.63) is 41.5 Å². The normalized spacial score (nSPS) is 10.8. The summed E-state index contributed by atoms with van der Waals surface area (Å²) >= 11 is 5.57. The van der Waals surface area contributed by atoms with Gasteiger partial charge in [0.2, 0.25) is 0 Å². The van der Waals surface area contributed by atoms with E-state index in [0.29, 0.717) is 12.3 Å². The maximum absolute atomic E-state index is 11.5. The fourth-order valence-corrected chi connectivity index (χ4v) is 1.43. The molecule has 0 saturated heterocycles. The van der Waals surface area contributed by atoms with E-state index in [0.717, 1.165) is 17.5 Å². The zero-order chi connectivity index (χ0) is 11.1. The van der Waals surface area contributed by atoms with Crippen molar-refractivity contribution in [3.63, 3.8) is 0 Å². The lowest BCUT2D eigenvalue weighted by molar-refractivity contribution is 0.0988. The van der Waals surface area contributed by atoms with E-state index >= 15 is 0 Å². The van der Waals surface area contributed by atoms with Gasteiger partial charge in [-0.2, -0.15) is 0 Å². The van der Waals surface area contributed by atoms with Crippen molar-refractivity contribution >= 4 is 23.5 Å². The minimum Gasteiger partial charge on any atom is -0.294 e. The van der Waals surface area contributed by atoms with Gasteiger partial charge in [0.15, 0.2) is 5.78 Å². The Hall–Kier alpha value is -1.08. The Morgan fingerprint density at radius 3 is 2.93 bits per heavy atom. The minimum absolute atomic E-state index is 0.183. The highest BCUT2D eigenvalue weighted by atomic mass is 35.5. The van der Waals surface area contributed by atoms with E-state index in [-0.39, 0.29) is 5.78 Å². The quantitative estimate of drug-likeness (QED) is 0.545. The highest BCUT2D eigenvalue weighted by Crippen LogP contribution is 2.09. The van der Waals surface area contributed by atoms with Gasteiger partial charge in [-0.05, 0) is 18.1 Å². The van der Waals surface area contributed by atoms with Crippen LogP contribution in [0, 0.1) is 0 Å². The summed E-state index contributed by atoms with van der Waals surface area (Å²) in [5, 5.41) is 0. The van der Waals surface area contributed by atoms with Gasteiger partial charge in [0.25, 0.3) is 0 Å². The van der Waals surface area contributed by atoms with Gasteiger partial charge in [-0.1, -0.05) is 37.3 Å². The van der Waals surface area contributed by atoms with E-state index < -0.39 is 0 Å². The molecule has 0 heterocycles. The molecule has 80 valence electrons. The maximum Gasteiger partial charge on any atom is 0.162 e. The largest absolute Gasteiger partial charge is 0.294 e. The number of allylic oxidation sites excluding steroid dienone is 1. The minimum atomic E-state index is 0.183. The van der Waals surface area contributed by atoms with Crippen molar-refractivity contribution in [2.24, 2.45) is 0 Å². The van der Waals surface area contributed by atoms with Crippen LogP contribution in [0.15, 0.2) is 30.3 Å². The molecule has 0 unspecified atom stereocenters. The Balaban J connectivity index is 2.78. The first-order valence-electron chi connectivity index (χ1n) is 5.13. The lowest BCUT2D eigenvalue weighted by Gasteiger charge is -1.99. The second-order valence-electron chi connectivity index (χ2n) is 3.28. The molecule has 2 heteroatoms. The maximum atomic E-state index is 11.5. The molecule has 1 nitrogen and oxygen atoms in total. The number of rotatable bonds is 5. The molecule has 0 spiro atoms. The van der Waals surface area contributed by atoms with Gasteiger partial charge in [0.05, 0.1) is 0 Å². The smallest absolute Gasteiger partial charge is 0.162 e. The van der Waals surface area contributed by atoms with Crippen LogP contribution in [0.5, 0.6) is 0 Å². The molecule has 1 aromatic carbocycles. The number of carbonyl (C=O) groups excluding carboxylic acids is 1. The molecule has 1 rings (SSSR count). The highest BCUT2D eigenvalue weighted by Gasteiger charge is 2.01. The average Bonchev–Trinajstić information content (AvgIpc) is 2.29. The van der Waals surface area contributed by atoms with Crippen LogP contribution in [0.3, 0.4) is 0 Å². The van der Waals surface area contributed by atoms with Crippen LogP contribution in [-0.2, 0) is 0 Å². The Morgan fingerprint density at radius 2 is 2.27 bits per heavy atom. The summed E-state index contributed by atoms with van der Waals surface area (Å²) in [4.78, 5) is 11.5. The van der Waals surface area contributed by atoms with Crippen molar-refractivity contribution in [2.75, 3.05) is 5.88 Å². The summed E-state index contributed by atoms with van der Waals surface area (Å²) < 4.78 is 0. The molecule has 0 fully saturated rings. The number of carbonyl (C=O) groups is 1. The van der Waals surface area contributed by atoms with E-state index in [4.69, 9.17) is 11.6 Å². The fraction of sp³-hybridized carbons (Fsp3) is 0.308. The lowest BCUT2D eigenvalue weighted by atomic mass is 10.1. The Labute approximate surface area is 95.8 Å². The third kappa shape index (κ3) is 3.88. The summed E-state index contributed by atoms with van der Waals surface area (Å²) in [6, 6.07) is 7.65. The predicted molar refractivity (Wildman–Crippen MR) is 65.4 cm³/mol. The SMILES string of the molecule is CCC(=O)c1cccc(C=CCCCl)c1. The standard InChI is InChI=1S/C13H15ClO/c1-2-13(15)12-8-5-7-11(10-12)6-3-4-9-14/h3,5-8,10H,2,4,9H2,1H3. The second kappa shape index (κ2) is 6.41. The summed E-state index contributed by atoms with van der Waals surface area (Å²) in [6.07, 6.45) is 5.42. The second-order valence-corrected chi connectivity index (χ2v) is 3.66. The molecule has 15 heavy (non-hydrogen) atoms. The van der Waals surface area contributed by atoms with Crippen molar-refractivity contribution in [1.82, 2.24) is 0 Å². The van der Waals surface area contributed by atoms with Crippen molar-refractivity contribution in [2.45, 2.75) is 19.8 Å². The van der Waals surface area contributed by atoms with Gasteiger partial charge in [-0.25, -0.2) is 0 Å². The molecule has 0 aliphatic rings. The zero-order valence-corrected chi connectivity index (χ0v) is 9.63. The molecule has 0 N–H and O–H groups in total. The number of ketones is 1. The summed E-state index contributed by atoms with van der Waals surface area (Å²) in [5.74, 6) is 0.812. The first-order valence-corrected chi connectivity index (χ1v) is 5.67.